The van der Waals surface area contributed by atoms with Gasteiger partial charge in [0.2, 0.25) is 10.0 Å². The Morgan fingerprint density at radius 2 is 1.95 bits per heavy atom. The average molecular weight is 299 g/mol. The lowest BCUT2D eigenvalue weighted by Gasteiger charge is -2.49. The fraction of sp³-hybridized carbons (Fsp3) is 0.571. The minimum absolute atomic E-state index is 0.207. The highest BCUT2D eigenvalue weighted by atomic mass is 32.2. The van der Waals surface area contributed by atoms with Crippen LogP contribution in [0.1, 0.15) is 27.2 Å². The molecule has 1 aliphatic rings. The van der Waals surface area contributed by atoms with Crippen molar-refractivity contribution in [2.75, 3.05) is 6.61 Å². The lowest BCUT2D eigenvalue weighted by atomic mass is 9.65. The first-order valence-corrected chi connectivity index (χ1v) is 8.19. The molecule has 0 amide bonds. The second-order valence-electron chi connectivity index (χ2n) is 5.65. The predicted molar refractivity (Wildman–Crippen MR) is 76.1 cm³/mol. The molecule has 2 rings (SSSR count). The zero-order valence-corrected chi connectivity index (χ0v) is 12.8. The Bertz CT molecular complexity index is 565. The predicted octanol–water partition coefficient (Wildman–Crippen LogP) is 1.52. The van der Waals surface area contributed by atoms with Gasteiger partial charge in [0, 0.05) is 11.5 Å². The monoisotopic (exact) mass is 299 g/mol. The van der Waals surface area contributed by atoms with E-state index < -0.39 is 21.5 Å². The third-order valence-electron chi connectivity index (χ3n) is 3.96. The van der Waals surface area contributed by atoms with E-state index in [4.69, 9.17) is 4.74 Å². The largest absolute Gasteiger partial charge is 0.494 e. The van der Waals surface area contributed by atoms with Crippen LogP contribution >= 0.6 is 0 Å². The standard InChI is InChI=1S/C14H21NO4S/c1-4-19-10-5-7-11(8-6-10)20(17,18)15-12-9-13(16)14(12,2)3/h5-8,12-13,15-16H,4,9H2,1-3H3. The number of nitrogens with one attached hydrogen (secondary N) is 1. The topological polar surface area (TPSA) is 75.6 Å². The third kappa shape index (κ3) is 2.82. The van der Waals surface area contributed by atoms with Crippen molar-refractivity contribution in [1.29, 1.82) is 0 Å². The maximum absolute atomic E-state index is 12.3. The van der Waals surface area contributed by atoms with Gasteiger partial charge in [-0.3, -0.25) is 0 Å². The Morgan fingerprint density at radius 1 is 1.35 bits per heavy atom. The van der Waals surface area contributed by atoms with Crippen LogP contribution in [0.25, 0.3) is 0 Å². The second-order valence-corrected chi connectivity index (χ2v) is 7.37. The summed E-state index contributed by atoms with van der Waals surface area (Å²) in [7, 11) is -3.56. The minimum Gasteiger partial charge on any atom is -0.494 e. The molecule has 1 aromatic rings. The summed E-state index contributed by atoms with van der Waals surface area (Å²) in [5.74, 6) is 0.644. The van der Waals surface area contributed by atoms with E-state index in [1.807, 2.05) is 20.8 Å². The number of benzene rings is 1. The fourth-order valence-corrected chi connectivity index (χ4v) is 3.64. The van der Waals surface area contributed by atoms with Crippen molar-refractivity contribution in [3.05, 3.63) is 24.3 Å². The molecule has 1 aromatic carbocycles. The molecule has 6 heteroatoms. The molecular formula is C14H21NO4S. The molecule has 5 nitrogen and oxygen atoms in total. The van der Waals surface area contributed by atoms with E-state index in [1.54, 1.807) is 12.1 Å². The Balaban J connectivity index is 2.11. The maximum Gasteiger partial charge on any atom is 0.240 e. The van der Waals surface area contributed by atoms with Crippen LogP contribution in [-0.4, -0.2) is 32.3 Å². The Kier molecular flexibility index (Phi) is 4.09. The summed E-state index contributed by atoms with van der Waals surface area (Å²) in [5.41, 5.74) is -0.432. The van der Waals surface area contributed by atoms with Crippen LogP contribution in [-0.2, 0) is 10.0 Å². The maximum atomic E-state index is 12.3. The van der Waals surface area contributed by atoms with E-state index in [-0.39, 0.29) is 10.9 Å². The summed E-state index contributed by atoms with van der Waals surface area (Å²) >= 11 is 0. The highest BCUT2D eigenvalue weighted by Crippen LogP contribution is 2.41. The molecule has 20 heavy (non-hydrogen) atoms. The van der Waals surface area contributed by atoms with Crippen LogP contribution < -0.4 is 9.46 Å². The van der Waals surface area contributed by atoms with Gasteiger partial charge in [0.15, 0.2) is 0 Å². The van der Waals surface area contributed by atoms with Gasteiger partial charge >= 0.3 is 0 Å². The van der Waals surface area contributed by atoms with Crippen LogP contribution in [0.3, 0.4) is 0 Å². The molecule has 1 saturated carbocycles. The molecule has 2 unspecified atom stereocenters. The van der Waals surface area contributed by atoms with Crippen LogP contribution in [0.5, 0.6) is 5.75 Å². The third-order valence-corrected chi connectivity index (χ3v) is 5.45. The SMILES string of the molecule is CCOc1ccc(S(=O)(=O)NC2CC(O)C2(C)C)cc1. The number of hydrogen-bond donors (Lipinski definition) is 2. The quantitative estimate of drug-likeness (QED) is 0.864. The number of rotatable bonds is 5. The second kappa shape index (κ2) is 5.35. The van der Waals surface area contributed by atoms with Gasteiger partial charge in [0.25, 0.3) is 0 Å². The molecule has 0 saturated heterocycles. The van der Waals surface area contributed by atoms with Crippen LogP contribution in [0, 0.1) is 5.41 Å². The van der Waals surface area contributed by atoms with E-state index in [1.165, 1.54) is 12.1 Å². The molecule has 0 heterocycles. The van der Waals surface area contributed by atoms with Gasteiger partial charge < -0.3 is 9.84 Å². The smallest absolute Gasteiger partial charge is 0.240 e. The van der Waals surface area contributed by atoms with E-state index >= 15 is 0 Å². The van der Waals surface area contributed by atoms with Crippen molar-refractivity contribution in [2.24, 2.45) is 5.41 Å². The lowest BCUT2D eigenvalue weighted by Crippen LogP contribution is -2.61. The van der Waals surface area contributed by atoms with Gasteiger partial charge in [-0.1, -0.05) is 13.8 Å². The Hall–Kier alpha value is -1.11. The van der Waals surface area contributed by atoms with Crippen molar-refractivity contribution in [2.45, 2.75) is 44.2 Å². The number of aliphatic hydroxyl groups is 1. The number of ether oxygens (including phenoxy) is 1. The zero-order valence-electron chi connectivity index (χ0n) is 12.0. The summed E-state index contributed by atoms with van der Waals surface area (Å²) in [6, 6.07) is 6.08. The van der Waals surface area contributed by atoms with Crippen molar-refractivity contribution in [3.63, 3.8) is 0 Å². The number of aliphatic hydroxyl groups excluding tert-OH is 1. The first kappa shape index (κ1) is 15.3. The van der Waals surface area contributed by atoms with E-state index in [0.717, 1.165) is 0 Å². The lowest BCUT2D eigenvalue weighted by molar-refractivity contribution is -0.0645. The Labute approximate surface area is 120 Å². The summed E-state index contributed by atoms with van der Waals surface area (Å²) in [5, 5.41) is 9.66. The highest BCUT2D eigenvalue weighted by Gasteiger charge is 2.48. The van der Waals surface area contributed by atoms with Gasteiger partial charge in [0.1, 0.15) is 5.75 Å². The highest BCUT2D eigenvalue weighted by molar-refractivity contribution is 7.89. The van der Waals surface area contributed by atoms with Crippen LogP contribution in [0.15, 0.2) is 29.2 Å². The van der Waals surface area contributed by atoms with Crippen LogP contribution in [0.2, 0.25) is 0 Å². The van der Waals surface area contributed by atoms with Crippen molar-refractivity contribution < 1.29 is 18.3 Å². The first-order chi connectivity index (χ1) is 9.27. The molecular weight excluding hydrogens is 278 g/mol. The molecule has 0 spiro atoms. The van der Waals surface area contributed by atoms with Gasteiger partial charge in [-0.05, 0) is 37.6 Å². The summed E-state index contributed by atoms with van der Waals surface area (Å²) in [6.45, 7) is 6.12. The molecule has 1 fully saturated rings. The van der Waals surface area contributed by atoms with E-state index in [9.17, 15) is 13.5 Å². The molecule has 0 radical (unpaired) electrons. The molecule has 2 atom stereocenters. The zero-order chi connectivity index (χ0) is 15.0. The summed E-state index contributed by atoms with van der Waals surface area (Å²) in [4.78, 5) is 0.207. The Morgan fingerprint density at radius 3 is 2.40 bits per heavy atom. The van der Waals surface area contributed by atoms with Crippen molar-refractivity contribution >= 4 is 10.0 Å². The first-order valence-electron chi connectivity index (χ1n) is 6.70. The molecule has 1 aliphatic carbocycles. The number of hydrogen-bond acceptors (Lipinski definition) is 4. The van der Waals surface area contributed by atoms with Gasteiger partial charge in [0.05, 0.1) is 17.6 Å². The molecule has 0 aliphatic heterocycles. The normalized spacial score (nSPS) is 25.0. The van der Waals surface area contributed by atoms with E-state index in [0.29, 0.717) is 18.8 Å². The van der Waals surface area contributed by atoms with Gasteiger partial charge in [-0.25, -0.2) is 13.1 Å². The van der Waals surface area contributed by atoms with Gasteiger partial charge in [-0.2, -0.15) is 0 Å². The molecule has 0 bridgehead atoms. The molecule has 0 aromatic heterocycles. The average Bonchev–Trinajstić information content (AvgIpc) is 2.39. The van der Waals surface area contributed by atoms with Crippen molar-refractivity contribution in [1.82, 2.24) is 4.72 Å². The van der Waals surface area contributed by atoms with Crippen molar-refractivity contribution in [3.8, 4) is 5.75 Å². The fourth-order valence-electron chi connectivity index (χ4n) is 2.24. The van der Waals surface area contributed by atoms with Gasteiger partial charge in [-0.15, -0.1) is 0 Å². The molecule has 112 valence electrons. The summed E-state index contributed by atoms with van der Waals surface area (Å²) < 4.78 is 32.5. The molecule has 2 N–H and O–H groups in total. The van der Waals surface area contributed by atoms with E-state index in [2.05, 4.69) is 4.72 Å². The van der Waals surface area contributed by atoms with Crippen LogP contribution in [0.4, 0.5) is 0 Å². The number of sulfonamides is 1. The minimum atomic E-state index is -3.56. The summed E-state index contributed by atoms with van der Waals surface area (Å²) in [6.07, 6.45) is -0.0148.